The summed E-state index contributed by atoms with van der Waals surface area (Å²) in [5, 5.41) is 3.47. The molecule has 0 aliphatic carbocycles. The number of hydrogen-bond acceptors (Lipinski definition) is 3. The molecule has 90 valence electrons. The summed E-state index contributed by atoms with van der Waals surface area (Å²) in [6, 6.07) is 8.26. The van der Waals surface area contributed by atoms with Crippen molar-refractivity contribution >= 4 is 5.69 Å². The van der Waals surface area contributed by atoms with Crippen LogP contribution >= 0.6 is 0 Å². The Kier molecular flexibility index (Phi) is 4.77. The molecule has 0 bridgehead atoms. The van der Waals surface area contributed by atoms with Gasteiger partial charge in [0.2, 0.25) is 0 Å². The molecule has 0 amide bonds. The van der Waals surface area contributed by atoms with Crippen molar-refractivity contribution in [2.24, 2.45) is 0 Å². The SMILES string of the molecule is COC(C)c1ccccc1NC(C)N(C)C. The van der Waals surface area contributed by atoms with Crippen molar-refractivity contribution in [3.8, 4) is 0 Å². The molecule has 0 spiro atoms. The van der Waals surface area contributed by atoms with Crippen LogP contribution in [0.1, 0.15) is 25.5 Å². The Hall–Kier alpha value is -1.06. The first-order valence-electron chi connectivity index (χ1n) is 5.61. The quantitative estimate of drug-likeness (QED) is 0.775. The van der Waals surface area contributed by atoms with E-state index in [4.69, 9.17) is 4.74 Å². The number of ether oxygens (including phenoxy) is 1. The minimum Gasteiger partial charge on any atom is -0.377 e. The minimum atomic E-state index is 0.109. The van der Waals surface area contributed by atoms with E-state index in [0.717, 1.165) is 5.69 Å². The third-order valence-corrected chi connectivity index (χ3v) is 2.89. The highest BCUT2D eigenvalue weighted by molar-refractivity contribution is 5.52. The van der Waals surface area contributed by atoms with Crippen LogP contribution in [-0.4, -0.2) is 32.3 Å². The molecule has 0 aliphatic rings. The smallest absolute Gasteiger partial charge is 0.0812 e. The molecular weight excluding hydrogens is 200 g/mol. The van der Waals surface area contributed by atoms with E-state index in [0.29, 0.717) is 6.17 Å². The molecule has 16 heavy (non-hydrogen) atoms. The largest absolute Gasteiger partial charge is 0.377 e. The lowest BCUT2D eigenvalue weighted by molar-refractivity contribution is 0.120. The van der Waals surface area contributed by atoms with Crippen LogP contribution in [0.25, 0.3) is 0 Å². The molecule has 1 aromatic rings. The topological polar surface area (TPSA) is 24.5 Å². The molecule has 0 saturated heterocycles. The number of hydrogen-bond donors (Lipinski definition) is 1. The molecule has 3 nitrogen and oxygen atoms in total. The predicted molar refractivity (Wildman–Crippen MR) is 68.6 cm³/mol. The summed E-state index contributed by atoms with van der Waals surface area (Å²) in [6.07, 6.45) is 0.406. The van der Waals surface area contributed by atoms with Crippen LogP contribution in [0.4, 0.5) is 5.69 Å². The van der Waals surface area contributed by atoms with Crippen LogP contribution in [0.2, 0.25) is 0 Å². The number of methoxy groups -OCH3 is 1. The summed E-state index contributed by atoms with van der Waals surface area (Å²) >= 11 is 0. The maximum atomic E-state index is 5.37. The highest BCUT2D eigenvalue weighted by atomic mass is 16.5. The Labute approximate surface area is 98.4 Å². The van der Waals surface area contributed by atoms with Gasteiger partial charge in [-0.15, -0.1) is 0 Å². The molecule has 3 heteroatoms. The van der Waals surface area contributed by atoms with Crippen LogP contribution in [0.15, 0.2) is 24.3 Å². The lowest BCUT2D eigenvalue weighted by atomic mass is 10.1. The fraction of sp³-hybridized carbons (Fsp3) is 0.538. The zero-order valence-electron chi connectivity index (χ0n) is 10.8. The van der Waals surface area contributed by atoms with Crippen molar-refractivity contribution in [3.05, 3.63) is 29.8 Å². The highest BCUT2D eigenvalue weighted by Gasteiger charge is 2.11. The molecule has 2 atom stereocenters. The molecule has 1 aromatic carbocycles. The summed E-state index contributed by atoms with van der Waals surface area (Å²) in [6.45, 7) is 4.19. The molecule has 1 rings (SSSR count). The van der Waals surface area contributed by atoms with Gasteiger partial charge in [0.05, 0.1) is 12.3 Å². The molecular formula is C13H22N2O. The fourth-order valence-electron chi connectivity index (χ4n) is 1.46. The van der Waals surface area contributed by atoms with Crippen molar-refractivity contribution in [2.45, 2.75) is 26.1 Å². The van der Waals surface area contributed by atoms with E-state index in [1.807, 2.05) is 12.1 Å². The zero-order chi connectivity index (χ0) is 12.1. The van der Waals surface area contributed by atoms with Crippen LogP contribution < -0.4 is 5.32 Å². The van der Waals surface area contributed by atoms with Crippen molar-refractivity contribution in [1.29, 1.82) is 0 Å². The third-order valence-electron chi connectivity index (χ3n) is 2.89. The summed E-state index contributed by atoms with van der Waals surface area (Å²) in [4.78, 5) is 2.13. The highest BCUT2D eigenvalue weighted by Crippen LogP contribution is 2.25. The van der Waals surface area contributed by atoms with Gasteiger partial charge in [-0.05, 0) is 34.0 Å². The van der Waals surface area contributed by atoms with Crippen LogP contribution in [0.3, 0.4) is 0 Å². The first kappa shape index (κ1) is 13.0. The van der Waals surface area contributed by atoms with E-state index < -0.39 is 0 Å². The third kappa shape index (κ3) is 3.22. The Morgan fingerprint density at radius 2 is 1.81 bits per heavy atom. The van der Waals surface area contributed by atoms with Gasteiger partial charge in [0, 0.05) is 18.4 Å². The zero-order valence-corrected chi connectivity index (χ0v) is 10.8. The maximum Gasteiger partial charge on any atom is 0.0812 e. The van der Waals surface area contributed by atoms with Gasteiger partial charge in [0.25, 0.3) is 0 Å². The van der Waals surface area contributed by atoms with Gasteiger partial charge >= 0.3 is 0 Å². The standard InChI is InChI=1S/C13H22N2O/c1-10(16-5)12-8-6-7-9-13(12)14-11(2)15(3)4/h6-11,14H,1-5H3. The Balaban J connectivity index is 2.86. The first-order chi connectivity index (χ1) is 7.56. The minimum absolute atomic E-state index is 0.109. The first-order valence-corrected chi connectivity index (χ1v) is 5.61. The summed E-state index contributed by atoms with van der Waals surface area (Å²) in [7, 11) is 5.84. The Morgan fingerprint density at radius 3 is 2.38 bits per heavy atom. The van der Waals surface area contributed by atoms with E-state index in [-0.39, 0.29) is 6.10 Å². The van der Waals surface area contributed by atoms with E-state index in [1.54, 1.807) is 7.11 Å². The normalized spacial score (nSPS) is 14.9. The molecule has 0 aliphatic heterocycles. The summed E-state index contributed by atoms with van der Waals surface area (Å²) in [5.41, 5.74) is 2.33. The molecule has 0 fully saturated rings. The molecule has 2 unspecified atom stereocenters. The number of nitrogens with one attached hydrogen (secondary N) is 1. The van der Waals surface area contributed by atoms with E-state index in [1.165, 1.54) is 5.56 Å². The second-order valence-electron chi connectivity index (χ2n) is 4.25. The second kappa shape index (κ2) is 5.87. The van der Waals surface area contributed by atoms with Crippen molar-refractivity contribution in [2.75, 3.05) is 26.5 Å². The van der Waals surface area contributed by atoms with Gasteiger partial charge in [-0.3, -0.25) is 4.90 Å². The van der Waals surface area contributed by atoms with Gasteiger partial charge in [0.1, 0.15) is 0 Å². The van der Waals surface area contributed by atoms with E-state index >= 15 is 0 Å². The number of benzene rings is 1. The van der Waals surface area contributed by atoms with Gasteiger partial charge in [0.15, 0.2) is 0 Å². The Bertz CT molecular complexity index is 325. The Morgan fingerprint density at radius 1 is 1.19 bits per heavy atom. The van der Waals surface area contributed by atoms with Gasteiger partial charge < -0.3 is 10.1 Å². The van der Waals surface area contributed by atoms with Gasteiger partial charge in [-0.2, -0.15) is 0 Å². The predicted octanol–water partition coefficient (Wildman–Crippen LogP) is 2.71. The molecule has 0 aromatic heterocycles. The molecule has 1 N–H and O–H groups in total. The summed E-state index contributed by atoms with van der Waals surface area (Å²) < 4.78 is 5.37. The monoisotopic (exact) mass is 222 g/mol. The average molecular weight is 222 g/mol. The van der Waals surface area contributed by atoms with Gasteiger partial charge in [-0.1, -0.05) is 18.2 Å². The number of rotatable bonds is 5. The lowest BCUT2D eigenvalue weighted by Crippen LogP contribution is -2.32. The molecule has 0 radical (unpaired) electrons. The van der Waals surface area contributed by atoms with Crippen molar-refractivity contribution in [3.63, 3.8) is 0 Å². The summed E-state index contributed by atoms with van der Waals surface area (Å²) in [5.74, 6) is 0. The van der Waals surface area contributed by atoms with Crippen LogP contribution in [0.5, 0.6) is 0 Å². The number of para-hydroxylation sites is 1. The lowest BCUT2D eigenvalue weighted by Gasteiger charge is -2.25. The maximum absolute atomic E-state index is 5.37. The van der Waals surface area contributed by atoms with Crippen LogP contribution in [0, 0.1) is 0 Å². The van der Waals surface area contributed by atoms with E-state index in [2.05, 4.69) is 50.3 Å². The van der Waals surface area contributed by atoms with Crippen molar-refractivity contribution < 1.29 is 4.74 Å². The van der Waals surface area contributed by atoms with Crippen molar-refractivity contribution in [1.82, 2.24) is 4.90 Å². The molecule has 0 saturated carbocycles. The van der Waals surface area contributed by atoms with Gasteiger partial charge in [-0.25, -0.2) is 0 Å². The van der Waals surface area contributed by atoms with Crippen LogP contribution in [-0.2, 0) is 4.74 Å². The number of nitrogens with zero attached hydrogens (tertiary/aromatic N) is 1. The van der Waals surface area contributed by atoms with E-state index in [9.17, 15) is 0 Å². The fourth-order valence-corrected chi connectivity index (χ4v) is 1.46. The number of anilines is 1. The second-order valence-corrected chi connectivity index (χ2v) is 4.25. The average Bonchev–Trinajstić information content (AvgIpc) is 2.28. The molecule has 0 heterocycles.